The van der Waals surface area contributed by atoms with Crippen LogP contribution in [-0.2, 0) is 28.6 Å². The molecule has 0 aliphatic carbocycles. The summed E-state index contributed by atoms with van der Waals surface area (Å²) in [6.45, 7) is 6.67. The molecule has 6 heteroatoms. The average Bonchev–Trinajstić information content (AvgIpc) is 3.42. The zero-order valence-electron chi connectivity index (χ0n) is 52.1. The van der Waals surface area contributed by atoms with Crippen LogP contribution in [0.1, 0.15) is 412 Å². The molecule has 0 aliphatic heterocycles. The number of carbonyl (C=O) groups is 3. The summed E-state index contributed by atoms with van der Waals surface area (Å²) in [6, 6.07) is 0. The third kappa shape index (κ3) is 63.2. The molecule has 0 aromatic carbocycles. The van der Waals surface area contributed by atoms with Crippen LogP contribution in [-0.4, -0.2) is 37.2 Å². The number of carbonyl (C=O) groups excluding carboxylic acids is 3. The molecule has 0 rings (SSSR count). The van der Waals surface area contributed by atoms with E-state index in [1.165, 1.54) is 315 Å². The lowest BCUT2D eigenvalue weighted by Crippen LogP contribution is -2.30. The van der Waals surface area contributed by atoms with Crippen LogP contribution in [0.25, 0.3) is 0 Å². The molecule has 1 atom stereocenters. The van der Waals surface area contributed by atoms with Gasteiger partial charge in [0.25, 0.3) is 0 Å². The molecule has 0 amide bonds. The largest absolute Gasteiger partial charge is 0.462 e. The van der Waals surface area contributed by atoms with Crippen LogP contribution in [0.2, 0.25) is 0 Å². The summed E-state index contributed by atoms with van der Waals surface area (Å²) in [6.07, 6.45) is 77.6. The van der Waals surface area contributed by atoms with Crippen molar-refractivity contribution < 1.29 is 28.6 Å². The number of esters is 3. The molecular weight excluding hydrogens is 937 g/mol. The summed E-state index contributed by atoms with van der Waals surface area (Å²) in [5.74, 6) is -0.839. The highest BCUT2D eigenvalue weighted by Gasteiger charge is 2.19. The highest BCUT2D eigenvalue weighted by atomic mass is 16.6. The molecule has 76 heavy (non-hydrogen) atoms. The Hall–Kier alpha value is -1.59. The molecule has 0 saturated heterocycles. The first kappa shape index (κ1) is 74.4. The molecule has 0 spiro atoms. The topological polar surface area (TPSA) is 78.9 Å². The Balaban J connectivity index is 3.90. The van der Waals surface area contributed by atoms with Crippen molar-refractivity contribution in [1.29, 1.82) is 0 Å². The summed E-state index contributed by atoms with van der Waals surface area (Å²) in [5.41, 5.74) is 0. The van der Waals surface area contributed by atoms with E-state index in [2.05, 4.69) is 20.8 Å². The molecule has 0 aromatic rings. The molecule has 0 aromatic heterocycles. The molecule has 0 radical (unpaired) electrons. The zero-order valence-corrected chi connectivity index (χ0v) is 52.1. The SMILES string of the molecule is CCCCCCCCCCCCCCCCCCCCCCCCCCCCCCCCCCC(=O)OCC(COC(=O)CCCCCCCC)OC(=O)CCCCCCCCCCCCCCCCCCCCCC. The predicted octanol–water partition coefficient (Wildman–Crippen LogP) is 23.8. The second-order valence-corrected chi connectivity index (χ2v) is 24.2. The fourth-order valence-electron chi connectivity index (χ4n) is 11.1. The number of hydrogen-bond acceptors (Lipinski definition) is 6. The third-order valence-electron chi connectivity index (χ3n) is 16.4. The van der Waals surface area contributed by atoms with Crippen LogP contribution < -0.4 is 0 Å². The third-order valence-corrected chi connectivity index (χ3v) is 16.4. The van der Waals surface area contributed by atoms with Crippen molar-refractivity contribution in [2.75, 3.05) is 13.2 Å². The maximum Gasteiger partial charge on any atom is 0.306 e. The van der Waals surface area contributed by atoms with E-state index in [1.807, 2.05) is 0 Å². The maximum absolute atomic E-state index is 12.9. The molecule has 452 valence electrons. The number of rotatable bonds is 66. The van der Waals surface area contributed by atoms with Gasteiger partial charge in [-0.25, -0.2) is 0 Å². The van der Waals surface area contributed by atoms with Crippen LogP contribution in [0.4, 0.5) is 0 Å². The van der Waals surface area contributed by atoms with Crippen LogP contribution in [0.5, 0.6) is 0 Å². The van der Waals surface area contributed by atoms with Gasteiger partial charge in [-0.15, -0.1) is 0 Å². The van der Waals surface area contributed by atoms with Crippen molar-refractivity contribution in [2.45, 2.75) is 419 Å². The summed E-state index contributed by atoms with van der Waals surface area (Å²) < 4.78 is 16.9. The van der Waals surface area contributed by atoms with Crippen molar-refractivity contribution >= 4 is 17.9 Å². The van der Waals surface area contributed by atoms with Crippen molar-refractivity contribution in [2.24, 2.45) is 0 Å². The molecule has 1 unspecified atom stereocenters. The van der Waals surface area contributed by atoms with Crippen molar-refractivity contribution in [1.82, 2.24) is 0 Å². The van der Waals surface area contributed by atoms with Gasteiger partial charge >= 0.3 is 17.9 Å². The van der Waals surface area contributed by atoms with Gasteiger partial charge in [-0.3, -0.25) is 14.4 Å². The summed E-state index contributed by atoms with van der Waals surface area (Å²) in [7, 11) is 0. The van der Waals surface area contributed by atoms with Crippen molar-refractivity contribution in [3.8, 4) is 0 Å². The van der Waals surface area contributed by atoms with E-state index in [4.69, 9.17) is 14.2 Å². The highest BCUT2D eigenvalue weighted by molar-refractivity contribution is 5.71. The first-order valence-electron chi connectivity index (χ1n) is 35.0. The average molecular weight is 1070 g/mol. The van der Waals surface area contributed by atoms with Gasteiger partial charge in [-0.1, -0.05) is 374 Å². The van der Waals surface area contributed by atoms with Crippen molar-refractivity contribution in [3.05, 3.63) is 0 Å². The second-order valence-electron chi connectivity index (χ2n) is 24.2. The lowest BCUT2D eigenvalue weighted by molar-refractivity contribution is -0.167. The van der Waals surface area contributed by atoms with E-state index in [0.717, 1.165) is 57.8 Å². The van der Waals surface area contributed by atoms with E-state index < -0.39 is 6.10 Å². The van der Waals surface area contributed by atoms with Crippen LogP contribution in [0.15, 0.2) is 0 Å². The van der Waals surface area contributed by atoms with Gasteiger partial charge < -0.3 is 14.2 Å². The first-order chi connectivity index (χ1) is 37.5. The Morgan fingerprint density at radius 2 is 0.355 bits per heavy atom. The molecule has 0 aliphatic rings. The van der Waals surface area contributed by atoms with Gasteiger partial charge in [0.2, 0.25) is 0 Å². The fraction of sp³-hybridized carbons (Fsp3) is 0.957. The monoisotopic (exact) mass is 1070 g/mol. The van der Waals surface area contributed by atoms with E-state index in [9.17, 15) is 14.4 Å². The van der Waals surface area contributed by atoms with Crippen LogP contribution in [0, 0.1) is 0 Å². The van der Waals surface area contributed by atoms with E-state index in [0.29, 0.717) is 19.3 Å². The minimum atomic E-state index is -0.761. The standard InChI is InChI=1S/C70H136O6/c1-4-7-10-13-16-18-20-22-24-26-28-30-31-32-33-34-35-36-37-38-39-40-41-43-44-46-48-50-52-54-57-60-63-69(72)75-66-67(65-74-68(71)62-59-56-15-12-9-6-3)76-70(73)64-61-58-55-53-51-49-47-45-42-29-27-25-23-21-19-17-14-11-8-5-2/h67H,4-66H2,1-3H3. The Labute approximate surface area is 476 Å². The maximum atomic E-state index is 12.9. The minimum Gasteiger partial charge on any atom is -0.462 e. The van der Waals surface area contributed by atoms with Gasteiger partial charge in [-0.2, -0.15) is 0 Å². The molecule has 0 saturated carbocycles. The van der Waals surface area contributed by atoms with Gasteiger partial charge in [0.1, 0.15) is 13.2 Å². The minimum absolute atomic E-state index is 0.0617. The lowest BCUT2D eigenvalue weighted by Gasteiger charge is -2.18. The van der Waals surface area contributed by atoms with Crippen LogP contribution >= 0.6 is 0 Å². The van der Waals surface area contributed by atoms with Crippen molar-refractivity contribution in [3.63, 3.8) is 0 Å². The molecule has 0 N–H and O–H groups in total. The second kappa shape index (κ2) is 65.9. The van der Waals surface area contributed by atoms with Gasteiger partial charge in [0.05, 0.1) is 0 Å². The molecule has 0 bridgehead atoms. The zero-order chi connectivity index (χ0) is 55.0. The Kier molecular flexibility index (Phi) is 64.5. The van der Waals surface area contributed by atoms with Gasteiger partial charge in [0, 0.05) is 19.3 Å². The Morgan fingerprint density at radius 3 is 0.526 bits per heavy atom. The van der Waals surface area contributed by atoms with E-state index in [-0.39, 0.29) is 31.1 Å². The lowest BCUT2D eigenvalue weighted by atomic mass is 10.0. The normalized spacial score (nSPS) is 11.9. The van der Waals surface area contributed by atoms with Gasteiger partial charge in [0.15, 0.2) is 6.10 Å². The number of hydrogen-bond donors (Lipinski definition) is 0. The quantitative estimate of drug-likeness (QED) is 0.0343. The Bertz CT molecular complexity index is 1140. The van der Waals surface area contributed by atoms with Gasteiger partial charge in [-0.05, 0) is 19.3 Å². The molecule has 6 nitrogen and oxygen atoms in total. The summed E-state index contributed by atoms with van der Waals surface area (Å²) >= 11 is 0. The first-order valence-corrected chi connectivity index (χ1v) is 35.0. The smallest absolute Gasteiger partial charge is 0.306 e. The summed E-state index contributed by atoms with van der Waals surface area (Å²) in [5, 5.41) is 0. The Morgan fingerprint density at radius 1 is 0.211 bits per heavy atom. The highest BCUT2D eigenvalue weighted by Crippen LogP contribution is 2.19. The molecular formula is C70H136O6. The fourth-order valence-corrected chi connectivity index (χ4v) is 11.1. The van der Waals surface area contributed by atoms with E-state index >= 15 is 0 Å². The molecule has 0 fully saturated rings. The number of unbranched alkanes of at least 4 members (excludes halogenated alkanes) is 55. The predicted molar refractivity (Wildman–Crippen MR) is 330 cm³/mol. The molecule has 0 heterocycles. The summed E-state index contributed by atoms with van der Waals surface area (Å²) in [4.78, 5) is 38.0. The van der Waals surface area contributed by atoms with Crippen LogP contribution in [0.3, 0.4) is 0 Å². The van der Waals surface area contributed by atoms with E-state index in [1.54, 1.807) is 0 Å². The number of ether oxygens (including phenoxy) is 3.